The molecule has 16 heavy (non-hydrogen) atoms. The van der Waals surface area contributed by atoms with Crippen molar-refractivity contribution in [1.29, 1.82) is 0 Å². The molecule has 1 aliphatic carbocycles. The molecule has 2 aromatic rings. The number of rotatable bonds is 1. The Kier molecular flexibility index (Phi) is 1.85. The van der Waals surface area contributed by atoms with Crippen LogP contribution in [0.1, 0.15) is 30.1 Å². The molecule has 0 radical (unpaired) electrons. The lowest BCUT2D eigenvalue weighted by Crippen LogP contribution is -1.95. The molecule has 1 heterocycles. The van der Waals surface area contributed by atoms with Gasteiger partial charge in [-0.2, -0.15) is 0 Å². The highest BCUT2D eigenvalue weighted by atomic mass is 19.1. The van der Waals surface area contributed by atoms with Gasteiger partial charge in [-0.1, -0.05) is 0 Å². The van der Waals surface area contributed by atoms with E-state index in [2.05, 4.69) is 4.98 Å². The Morgan fingerprint density at radius 3 is 2.69 bits per heavy atom. The zero-order valence-corrected chi connectivity index (χ0v) is 9.22. The second kappa shape index (κ2) is 3.03. The molecular formula is C12H12F2N2. The first kappa shape index (κ1) is 9.75. The van der Waals surface area contributed by atoms with Gasteiger partial charge < -0.3 is 4.57 Å². The Bertz CT molecular complexity index is 582. The summed E-state index contributed by atoms with van der Waals surface area (Å²) in [5.74, 6) is 0.270. The summed E-state index contributed by atoms with van der Waals surface area (Å²) in [7, 11) is 1.82. The topological polar surface area (TPSA) is 17.8 Å². The molecule has 84 valence electrons. The quantitative estimate of drug-likeness (QED) is 0.725. The average molecular weight is 222 g/mol. The standard InChI is InChI=1S/C12H12F2N2/c1-6-8(13)5-9-11(10(6)14)15-12(16(9)2)7-3-4-7/h5,7H,3-4H2,1-2H3. The summed E-state index contributed by atoms with van der Waals surface area (Å²) in [4.78, 5) is 4.30. The van der Waals surface area contributed by atoms with Crippen molar-refractivity contribution in [3.63, 3.8) is 0 Å². The van der Waals surface area contributed by atoms with Gasteiger partial charge in [-0.15, -0.1) is 0 Å². The number of hydrogen-bond acceptors (Lipinski definition) is 1. The molecule has 0 bridgehead atoms. The first-order valence-electron chi connectivity index (χ1n) is 5.40. The van der Waals surface area contributed by atoms with Crippen LogP contribution in [0.5, 0.6) is 0 Å². The number of halogens is 2. The van der Waals surface area contributed by atoms with Crippen molar-refractivity contribution in [2.75, 3.05) is 0 Å². The summed E-state index contributed by atoms with van der Waals surface area (Å²) < 4.78 is 29.1. The Hall–Kier alpha value is -1.45. The van der Waals surface area contributed by atoms with E-state index < -0.39 is 11.6 Å². The Morgan fingerprint density at radius 2 is 2.06 bits per heavy atom. The molecule has 0 atom stereocenters. The highest BCUT2D eigenvalue weighted by molar-refractivity contribution is 5.78. The van der Waals surface area contributed by atoms with E-state index in [0.717, 1.165) is 18.7 Å². The molecule has 0 amide bonds. The van der Waals surface area contributed by atoms with Crippen molar-refractivity contribution >= 4 is 11.0 Å². The van der Waals surface area contributed by atoms with E-state index in [9.17, 15) is 8.78 Å². The lowest BCUT2D eigenvalue weighted by molar-refractivity contribution is 0.575. The molecule has 0 saturated heterocycles. The van der Waals surface area contributed by atoms with Gasteiger partial charge in [-0.05, 0) is 19.8 Å². The minimum absolute atomic E-state index is 0.0490. The molecule has 1 saturated carbocycles. The second-order valence-corrected chi connectivity index (χ2v) is 4.47. The zero-order valence-electron chi connectivity index (χ0n) is 9.22. The summed E-state index contributed by atoms with van der Waals surface area (Å²) in [6.45, 7) is 1.44. The molecule has 0 spiro atoms. The predicted octanol–water partition coefficient (Wildman–Crippen LogP) is 3.04. The number of benzene rings is 1. The van der Waals surface area contributed by atoms with Crippen LogP contribution in [0.3, 0.4) is 0 Å². The van der Waals surface area contributed by atoms with Crippen molar-refractivity contribution in [3.05, 3.63) is 29.1 Å². The van der Waals surface area contributed by atoms with Crippen LogP contribution in [0, 0.1) is 18.6 Å². The molecule has 0 unspecified atom stereocenters. The van der Waals surface area contributed by atoms with Crippen LogP contribution < -0.4 is 0 Å². The maximum absolute atomic E-state index is 13.8. The van der Waals surface area contributed by atoms with Gasteiger partial charge >= 0.3 is 0 Å². The Morgan fingerprint density at radius 1 is 1.38 bits per heavy atom. The summed E-state index contributed by atoms with van der Waals surface area (Å²) in [6, 6.07) is 1.37. The van der Waals surface area contributed by atoms with Crippen LogP contribution in [-0.2, 0) is 7.05 Å². The van der Waals surface area contributed by atoms with Crippen molar-refractivity contribution in [2.24, 2.45) is 7.05 Å². The van der Waals surface area contributed by atoms with E-state index in [-0.39, 0.29) is 5.56 Å². The van der Waals surface area contributed by atoms with Crippen molar-refractivity contribution in [3.8, 4) is 0 Å². The maximum Gasteiger partial charge on any atom is 0.156 e. The van der Waals surface area contributed by atoms with Crippen molar-refractivity contribution in [1.82, 2.24) is 9.55 Å². The lowest BCUT2D eigenvalue weighted by Gasteiger charge is -2.01. The molecule has 1 aliphatic rings. The summed E-state index contributed by atoms with van der Waals surface area (Å²) in [6.07, 6.45) is 2.19. The fourth-order valence-corrected chi connectivity index (χ4v) is 2.07. The molecule has 2 nitrogen and oxygen atoms in total. The predicted molar refractivity (Wildman–Crippen MR) is 57.3 cm³/mol. The van der Waals surface area contributed by atoms with E-state index in [1.54, 1.807) is 4.57 Å². The van der Waals surface area contributed by atoms with Gasteiger partial charge in [0.15, 0.2) is 5.82 Å². The second-order valence-electron chi connectivity index (χ2n) is 4.47. The molecule has 0 aliphatic heterocycles. The third-order valence-corrected chi connectivity index (χ3v) is 3.28. The number of imidazole rings is 1. The van der Waals surface area contributed by atoms with Crippen LogP contribution in [0.2, 0.25) is 0 Å². The first-order chi connectivity index (χ1) is 7.59. The van der Waals surface area contributed by atoms with Crippen LogP contribution in [-0.4, -0.2) is 9.55 Å². The molecule has 1 aromatic heterocycles. The van der Waals surface area contributed by atoms with E-state index in [1.165, 1.54) is 13.0 Å². The molecule has 1 aromatic carbocycles. The van der Waals surface area contributed by atoms with Gasteiger partial charge in [-0.25, -0.2) is 13.8 Å². The molecular weight excluding hydrogens is 210 g/mol. The van der Waals surface area contributed by atoms with Gasteiger partial charge in [0.25, 0.3) is 0 Å². The number of nitrogens with zero attached hydrogens (tertiary/aromatic N) is 2. The van der Waals surface area contributed by atoms with Gasteiger partial charge in [0.1, 0.15) is 17.2 Å². The van der Waals surface area contributed by atoms with Crippen molar-refractivity contribution < 1.29 is 8.78 Å². The smallest absolute Gasteiger partial charge is 0.156 e. The normalized spacial score (nSPS) is 16.0. The number of aryl methyl sites for hydroxylation is 1. The fraction of sp³-hybridized carbons (Fsp3) is 0.417. The maximum atomic E-state index is 13.8. The largest absolute Gasteiger partial charge is 0.331 e. The van der Waals surface area contributed by atoms with E-state index >= 15 is 0 Å². The molecule has 3 rings (SSSR count). The van der Waals surface area contributed by atoms with Crippen LogP contribution in [0.15, 0.2) is 6.07 Å². The van der Waals surface area contributed by atoms with Crippen LogP contribution >= 0.6 is 0 Å². The van der Waals surface area contributed by atoms with Crippen LogP contribution in [0.4, 0.5) is 8.78 Å². The molecule has 1 fully saturated rings. The van der Waals surface area contributed by atoms with Gasteiger partial charge in [-0.3, -0.25) is 0 Å². The Balaban J connectivity index is 2.36. The van der Waals surface area contributed by atoms with Crippen LogP contribution in [0.25, 0.3) is 11.0 Å². The van der Waals surface area contributed by atoms with Gasteiger partial charge in [0.05, 0.1) is 5.52 Å². The van der Waals surface area contributed by atoms with E-state index in [0.29, 0.717) is 17.0 Å². The first-order valence-corrected chi connectivity index (χ1v) is 5.40. The third kappa shape index (κ3) is 1.19. The minimum Gasteiger partial charge on any atom is -0.331 e. The highest BCUT2D eigenvalue weighted by Gasteiger charge is 2.29. The minimum atomic E-state index is -0.530. The zero-order chi connectivity index (χ0) is 11.4. The van der Waals surface area contributed by atoms with Gasteiger partial charge in [0, 0.05) is 24.6 Å². The van der Waals surface area contributed by atoms with E-state index in [4.69, 9.17) is 0 Å². The number of hydrogen-bond donors (Lipinski definition) is 0. The van der Waals surface area contributed by atoms with Gasteiger partial charge in [0.2, 0.25) is 0 Å². The monoisotopic (exact) mass is 222 g/mol. The number of aromatic nitrogens is 2. The summed E-state index contributed by atoms with van der Waals surface area (Å²) in [5.41, 5.74) is 0.888. The third-order valence-electron chi connectivity index (χ3n) is 3.28. The Labute approximate surface area is 91.9 Å². The SMILES string of the molecule is Cc1c(F)cc2c(nc(C3CC3)n2C)c1F. The number of fused-ring (bicyclic) bond motifs is 1. The van der Waals surface area contributed by atoms with E-state index in [1.807, 2.05) is 7.05 Å². The fourth-order valence-electron chi connectivity index (χ4n) is 2.07. The molecule has 4 heteroatoms. The average Bonchev–Trinajstić information content (AvgIpc) is 3.03. The lowest BCUT2D eigenvalue weighted by atomic mass is 10.2. The molecule has 0 N–H and O–H groups in total. The van der Waals surface area contributed by atoms with Crippen molar-refractivity contribution in [2.45, 2.75) is 25.7 Å². The summed E-state index contributed by atoms with van der Waals surface area (Å²) in [5, 5.41) is 0. The summed E-state index contributed by atoms with van der Waals surface area (Å²) >= 11 is 0. The highest BCUT2D eigenvalue weighted by Crippen LogP contribution is 2.40.